The number of carbonyl (C=O) groups excluding carboxylic acids is 1. The molecule has 0 bridgehead atoms. The lowest BCUT2D eigenvalue weighted by molar-refractivity contribution is -0.168. The molecule has 31 heavy (non-hydrogen) atoms. The molecule has 7 nitrogen and oxygen atoms in total. The standard InChI is InChI=1S/C21H19F3N6O/c1-13-4-5-15(11-16(13)18-25-6-2-7-26-18)29-19(31)17-10-14(21(22,23)24)12-30(17)20-27-8-3-9-28-20/h2-9,11,14,17H,10,12H2,1H3,(H,29,31)/t14-,17-/m1/s1. The SMILES string of the molecule is Cc1ccc(NC(=O)[C@H]2C[C@@H](C(F)(F)F)CN2c2ncccn2)cc1-c1ncccn1. The summed E-state index contributed by atoms with van der Waals surface area (Å²) in [5.41, 5.74) is 2.07. The Balaban J connectivity index is 1.59. The maximum atomic E-state index is 13.4. The van der Waals surface area contributed by atoms with Gasteiger partial charge in [0.2, 0.25) is 11.9 Å². The molecule has 160 valence electrons. The van der Waals surface area contributed by atoms with Crippen molar-refractivity contribution in [1.29, 1.82) is 0 Å². The lowest BCUT2D eigenvalue weighted by Crippen LogP contribution is -2.40. The molecule has 10 heteroatoms. The Morgan fingerprint density at radius 1 is 1.06 bits per heavy atom. The molecule has 2 atom stereocenters. The molecule has 3 aromatic rings. The molecule has 1 aliphatic rings. The monoisotopic (exact) mass is 428 g/mol. The number of hydrogen-bond donors (Lipinski definition) is 1. The minimum atomic E-state index is -4.41. The fourth-order valence-corrected chi connectivity index (χ4v) is 3.59. The highest BCUT2D eigenvalue weighted by molar-refractivity contribution is 5.97. The number of halogens is 3. The number of aryl methyl sites for hydroxylation is 1. The maximum absolute atomic E-state index is 13.4. The van der Waals surface area contributed by atoms with Crippen LogP contribution in [-0.4, -0.2) is 44.6 Å². The predicted octanol–water partition coefficient (Wildman–Crippen LogP) is 3.64. The third-order valence-electron chi connectivity index (χ3n) is 5.19. The van der Waals surface area contributed by atoms with E-state index in [2.05, 4.69) is 25.3 Å². The average Bonchev–Trinajstić information content (AvgIpc) is 3.23. The molecule has 1 aliphatic heterocycles. The van der Waals surface area contributed by atoms with Gasteiger partial charge in [0.15, 0.2) is 5.82 Å². The van der Waals surface area contributed by atoms with Gasteiger partial charge >= 0.3 is 6.18 Å². The van der Waals surface area contributed by atoms with E-state index in [4.69, 9.17) is 0 Å². The Hall–Kier alpha value is -3.56. The zero-order valence-corrected chi connectivity index (χ0v) is 16.5. The van der Waals surface area contributed by atoms with E-state index in [0.717, 1.165) is 11.1 Å². The van der Waals surface area contributed by atoms with E-state index in [9.17, 15) is 18.0 Å². The molecule has 1 fully saturated rings. The molecule has 0 saturated carbocycles. The van der Waals surface area contributed by atoms with Gasteiger partial charge in [0.05, 0.1) is 5.92 Å². The van der Waals surface area contributed by atoms with Crippen LogP contribution in [0.5, 0.6) is 0 Å². The molecule has 0 spiro atoms. The van der Waals surface area contributed by atoms with Crippen LogP contribution in [0.15, 0.2) is 55.1 Å². The second-order valence-corrected chi connectivity index (χ2v) is 7.28. The van der Waals surface area contributed by atoms with Gasteiger partial charge in [0.25, 0.3) is 0 Å². The van der Waals surface area contributed by atoms with Gasteiger partial charge in [-0.05, 0) is 43.2 Å². The first kappa shape index (κ1) is 20.7. The van der Waals surface area contributed by atoms with E-state index in [-0.39, 0.29) is 18.9 Å². The molecule has 2 aromatic heterocycles. The summed E-state index contributed by atoms with van der Waals surface area (Å²) in [5.74, 6) is -1.61. The van der Waals surface area contributed by atoms with Gasteiger partial charge in [-0.1, -0.05) is 6.07 Å². The summed E-state index contributed by atoms with van der Waals surface area (Å²) >= 11 is 0. The van der Waals surface area contributed by atoms with E-state index < -0.39 is 24.0 Å². The molecule has 1 N–H and O–H groups in total. The molecule has 1 saturated heterocycles. The Kier molecular flexibility index (Phi) is 5.53. The Morgan fingerprint density at radius 2 is 1.71 bits per heavy atom. The summed E-state index contributed by atoms with van der Waals surface area (Å²) < 4.78 is 40.2. The van der Waals surface area contributed by atoms with Gasteiger partial charge in [0.1, 0.15) is 6.04 Å². The lowest BCUT2D eigenvalue weighted by atomic mass is 10.0. The van der Waals surface area contributed by atoms with Crippen molar-refractivity contribution in [2.45, 2.75) is 25.6 Å². The van der Waals surface area contributed by atoms with Crippen molar-refractivity contribution in [2.24, 2.45) is 5.92 Å². The van der Waals surface area contributed by atoms with Crippen molar-refractivity contribution >= 4 is 17.5 Å². The van der Waals surface area contributed by atoms with Gasteiger partial charge in [-0.2, -0.15) is 13.2 Å². The second kappa shape index (κ2) is 8.29. The Labute approximate surface area is 176 Å². The summed E-state index contributed by atoms with van der Waals surface area (Å²) in [5, 5.41) is 2.73. The number of anilines is 2. The summed E-state index contributed by atoms with van der Waals surface area (Å²) in [6.45, 7) is 1.51. The molecule has 0 unspecified atom stereocenters. The van der Waals surface area contributed by atoms with Crippen molar-refractivity contribution in [2.75, 3.05) is 16.8 Å². The predicted molar refractivity (Wildman–Crippen MR) is 108 cm³/mol. The fraction of sp³-hybridized carbons (Fsp3) is 0.286. The van der Waals surface area contributed by atoms with Crippen molar-refractivity contribution in [3.63, 3.8) is 0 Å². The Bertz CT molecular complexity index is 1060. The van der Waals surface area contributed by atoms with Crippen molar-refractivity contribution < 1.29 is 18.0 Å². The molecular weight excluding hydrogens is 409 g/mol. The van der Waals surface area contributed by atoms with Gasteiger partial charge in [-0.15, -0.1) is 0 Å². The van der Waals surface area contributed by atoms with Crippen LogP contribution in [0.1, 0.15) is 12.0 Å². The minimum absolute atomic E-state index is 0.0941. The number of benzene rings is 1. The fourth-order valence-electron chi connectivity index (χ4n) is 3.59. The Morgan fingerprint density at radius 3 is 2.35 bits per heavy atom. The van der Waals surface area contributed by atoms with Crippen LogP contribution in [0, 0.1) is 12.8 Å². The molecule has 1 aromatic carbocycles. The zero-order valence-electron chi connectivity index (χ0n) is 16.5. The molecule has 0 aliphatic carbocycles. The number of rotatable bonds is 4. The molecular formula is C21H19F3N6O. The van der Waals surface area contributed by atoms with Crippen molar-refractivity contribution in [3.8, 4) is 11.4 Å². The minimum Gasteiger partial charge on any atom is -0.328 e. The van der Waals surface area contributed by atoms with Crippen LogP contribution in [0.25, 0.3) is 11.4 Å². The van der Waals surface area contributed by atoms with Crippen molar-refractivity contribution in [3.05, 3.63) is 60.7 Å². The summed E-state index contributed by atoms with van der Waals surface area (Å²) in [7, 11) is 0. The third-order valence-corrected chi connectivity index (χ3v) is 5.19. The molecule has 3 heterocycles. The van der Waals surface area contributed by atoms with Crippen LogP contribution in [0.3, 0.4) is 0 Å². The topological polar surface area (TPSA) is 83.9 Å². The van der Waals surface area contributed by atoms with Crippen LogP contribution in [-0.2, 0) is 4.79 Å². The quantitative estimate of drug-likeness (QED) is 0.683. The average molecular weight is 428 g/mol. The van der Waals surface area contributed by atoms with Crippen LogP contribution in [0.2, 0.25) is 0 Å². The maximum Gasteiger partial charge on any atom is 0.393 e. The lowest BCUT2D eigenvalue weighted by Gasteiger charge is -2.23. The summed E-state index contributed by atoms with van der Waals surface area (Å²) in [4.78, 5) is 30.8. The summed E-state index contributed by atoms with van der Waals surface area (Å²) in [6, 6.07) is 7.41. The number of amides is 1. The van der Waals surface area contributed by atoms with Crippen LogP contribution in [0.4, 0.5) is 24.8 Å². The normalized spacial score (nSPS) is 18.8. The molecule has 0 radical (unpaired) electrons. The highest BCUT2D eigenvalue weighted by Gasteiger charge is 2.50. The van der Waals surface area contributed by atoms with Crippen LogP contribution >= 0.6 is 0 Å². The highest BCUT2D eigenvalue weighted by atomic mass is 19.4. The first-order chi connectivity index (χ1) is 14.8. The number of aromatic nitrogens is 4. The number of alkyl halides is 3. The number of nitrogens with zero attached hydrogens (tertiary/aromatic N) is 5. The van der Waals surface area contributed by atoms with E-state index in [1.807, 2.05) is 6.92 Å². The largest absolute Gasteiger partial charge is 0.393 e. The van der Waals surface area contributed by atoms with E-state index in [1.165, 1.54) is 17.3 Å². The first-order valence-electron chi connectivity index (χ1n) is 9.62. The first-order valence-corrected chi connectivity index (χ1v) is 9.62. The second-order valence-electron chi connectivity index (χ2n) is 7.28. The number of nitrogens with one attached hydrogen (secondary N) is 1. The molecule has 1 amide bonds. The van der Waals surface area contributed by atoms with Gasteiger partial charge < -0.3 is 10.2 Å². The van der Waals surface area contributed by atoms with E-state index in [0.29, 0.717) is 11.5 Å². The van der Waals surface area contributed by atoms with Gasteiger partial charge in [-0.25, -0.2) is 19.9 Å². The van der Waals surface area contributed by atoms with E-state index >= 15 is 0 Å². The van der Waals surface area contributed by atoms with Crippen LogP contribution < -0.4 is 10.2 Å². The third kappa shape index (κ3) is 4.47. The number of hydrogen-bond acceptors (Lipinski definition) is 6. The molecule has 4 rings (SSSR count). The highest BCUT2D eigenvalue weighted by Crippen LogP contribution is 2.38. The van der Waals surface area contributed by atoms with E-state index in [1.54, 1.807) is 42.7 Å². The van der Waals surface area contributed by atoms with Crippen molar-refractivity contribution in [1.82, 2.24) is 19.9 Å². The number of carbonyl (C=O) groups is 1. The van der Waals surface area contributed by atoms with Gasteiger partial charge in [0, 0.05) is 42.6 Å². The smallest absolute Gasteiger partial charge is 0.328 e. The van der Waals surface area contributed by atoms with Gasteiger partial charge in [-0.3, -0.25) is 4.79 Å². The summed E-state index contributed by atoms with van der Waals surface area (Å²) in [6.07, 6.45) is 1.31. The zero-order chi connectivity index (χ0) is 22.0.